The lowest BCUT2D eigenvalue weighted by Gasteiger charge is -2.32. The van der Waals surface area contributed by atoms with Crippen molar-refractivity contribution in [2.45, 2.75) is 31.8 Å². The molecule has 0 atom stereocenters. The van der Waals surface area contributed by atoms with Gasteiger partial charge in [0.25, 0.3) is 0 Å². The number of methoxy groups -OCH3 is 1. The van der Waals surface area contributed by atoms with Gasteiger partial charge < -0.3 is 14.6 Å². The molecule has 6 heteroatoms. The topological polar surface area (TPSA) is 59.4 Å². The zero-order valence-electron chi connectivity index (χ0n) is 17.6. The molecule has 0 radical (unpaired) electrons. The molecule has 1 aromatic carbocycles. The lowest BCUT2D eigenvalue weighted by Crippen LogP contribution is -2.32. The first kappa shape index (κ1) is 20.6. The summed E-state index contributed by atoms with van der Waals surface area (Å²) in [5.74, 6) is 0.638. The molecular weight excluding hydrogens is 376 g/mol. The number of nitrogens with zero attached hydrogens (tertiary/aromatic N) is 3. The Kier molecular flexibility index (Phi) is 6.77. The predicted molar refractivity (Wildman–Crippen MR) is 118 cm³/mol. The quantitative estimate of drug-likeness (QED) is 0.584. The molecule has 0 aliphatic carbocycles. The Morgan fingerprint density at radius 3 is 2.70 bits per heavy atom. The predicted octanol–water partition coefficient (Wildman–Crippen LogP) is 3.18. The van der Waals surface area contributed by atoms with Gasteiger partial charge in [0.15, 0.2) is 0 Å². The second kappa shape index (κ2) is 9.87. The molecule has 1 aliphatic heterocycles. The lowest BCUT2D eigenvalue weighted by molar-refractivity contribution is -0.121. The lowest BCUT2D eigenvalue weighted by atomic mass is 9.90. The van der Waals surface area contributed by atoms with Gasteiger partial charge in [0.2, 0.25) is 5.91 Å². The number of amides is 1. The van der Waals surface area contributed by atoms with Crippen LogP contribution in [0.4, 0.5) is 0 Å². The van der Waals surface area contributed by atoms with Crippen LogP contribution in [0.3, 0.4) is 0 Å². The number of aromatic nitrogens is 2. The third kappa shape index (κ3) is 4.89. The zero-order chi connectivity index (χ0) is 20.8. The fourth-order valence-corrected chi connectivity index (χ4v) is 4.38. The number of pyridine rings is 1. The molecule has 4 rings (SSSR count). The number of piperidine rings is 1. The summed E-state index contributed by atoms with van der Waals surface area (Å²) in [6.07, 6.45) is 8.27. The van der Waals surface area contributed by atoms with Crippen LogP contribution in [0.2, 0.25) is 0 Å². The minimum absolute atomic E-state index is 0.0116. The van der Waals surface area contributed by atoms with Crippen LogP contribution in [0, 0.1) is 0 Å². The van der Waals surface area contributed by atoms with Gasteiger partial charge in [-0.25, -0.2) is 0 Å². The van der Waals surface area contributed by atoms with Gasteiger partial charge in [-0.1, -0.05) is 18.2 Å². The van der Waals surface area contributed by atoms with Gasteiger partial charge >= 0.3 is 0 Å². The van der Waals surface area contributed by atoms with E-state index in [0.717, 1.165) is 25.2 Å². The maximum atomic E-state index is 12.3. The standard InChI is InChI=1S/C24H30N4O2/c1-30-15-12-26-24(29)18-28-17-21(22-4-2-3-5-23(22)28)16-27-13-8-20(9-14-27)19-6-10-25-11-7-19/h2-7,10-11,17,20H,8-9,12-16,18H2,1H3,(H,26,29). The molecule has 0 saturated carbocycles. The number of benzene rings is 1. The summed E-state index contributed by atoms with van der Waals surface area (Å²) in [7, 11) is 1.64. The van der Waals surface area contributed by atoms with Crippen molar-refractivity contribution < 1.29 is 9.53 Å². The zero-order valence-corrected chi connectivity index (χ0v) is 17.6. The SMILES string of the molecule is COCCNC(=O)Cn1cc(CN2CCC(c3ccncc3)CC2)c2ccccc21. The van der Waals surface area contributed by atoms with Gasteiger partial charge in [0.05, 0.1) is 6.61 Å². The van der Waals surface area contributed by atoms with Crippen LogP contribution in [0.1, 0.15) is 29.9 Å². The van der Waals surface area contributed by atoms with Crippen LogP contribution in [-0.2, 0) is 22.6 Å². The molecule has 0 bridgehead atoms. The Hall–Kier alpha value is -2.70. The first-order valence-corrected chi connectivity index (χ1v) is 10.7. The average molecular weight is 407 g/mol. The van der Waals surface area contributed by atoms with Gasteiger partial charge in [0.1, 0.15) is 6.54 Å². The molecule has 1 fully saturated rings. The third-order valence-electron chi connectivity index (χ3n) is 5.97. The Labute approximate surface area is 177 Å². The fraction of sp³-hybridized carbons (Fsp3) is 0.417. The molecule has 6 nitrogen and oxygen atoms in total. The summed E-state index contributed by atoms with van der Waals surface area (Å²) in [6.45, 7) is 4.48. The van der Waals surface area contributed by atoms with E-state index in [-0.39, 0.29) is 5.91 Å². The van der Waals surface area contributed by atoms with E-state index in [0.29, 0.717) is 25.6 Å². The molecule has 30 heavy (non-hydrogen) atoms. The maximum absolute atomic E-state index is 12.3. The minimum atomic E-state index is 0.0116. The van der Waals surface area contributed by atoms with Crippen molar-refractivity contribution in [2.75, 3.05) is 33.4 Å². The first-order chi connectivity index (χ1) is 14.7. The van der Waals surface area contributed by atoms with Gasteiger partial charge in [0, 0.05) is 49.7 Å². The van der Waals surface area contributed by atoms with E-state index < -0.39 is 0 Å². The van der Waals surface area contributed by atoms with E-state index in [2.05, 4.69) is 56.3 Å². The van der Waals surface area contributed by atoms with Crippen LogP contribution < -0.4 is 5.32 Å². The Morgan fingerprint density at radius 1 is 1.17 bits per heavy atom. The summed E-state index contributed by atoms with van der Waals surface area (Å²) < 4.78 is 7.07. The van der Waals surface area contributed by atoms with Gasteiger partial charge in [-0.15, -0.1) is 0 Å². The molecule has 1 saturated heterocycles. The summed E-state index contributed by atoms with van der Waals surface area (Å²) >= 11 is 0. The third-order valence-corrected chi connectivity index (χ3v) is 5.97. The van der Waals surface area contributed by atoms with Crippen molar-refractivity contribution in [2.24, 2.45) is 0 Å². The smallest absolute Gasteiger partial charge is 0.240 e. The van der Waals surface area contributed by atoms with Crippen LogP contribution in [0.15, 0.2) is 55.0 Å². The number of likely N-dealkylation sites (tertiary alicyclic amines) is 1. The van der Waals surface area contributed by atoms with Crippen molar-refractivity contribution in [1.29, 1.82) is 0 Å². The number of nitrogens with one attached hydrogen (secondary N) is 1. The highest BCUT2D eigenvalue weighted by Crippen LogP contribution is 2.29. The van der Waals surface area contributed by atoms with Crippen molar-refractivity contribution in [1.82, 2.24) is 19.8 Å². The Bertz CT molecular complexity index is 962. The Morgan fingerprint density at radius 2 is 1.93 bits per heavy atom. The van der Waals surface area contributed by atoms with Crippen LogP contribution in [0.5, 0.6) is 0 Å². The number of para-hydroxylation sites is 1. The van der Waals surface area contributed by atoms with E-state index >= 15 is 0 Å². The minimum Gasteiger partial charge on any atom is -0.383 e. The van der Waals surface area contributed by atoms with Gasteiger partial charge in [-0.2, -0.15) is 0 Å². The largest absolute Gasteiger partial charge is 0.383 e. The Balaban J connectivity index is 1.41. The first-order valence-electron chi connectivity index (χ1n) is 10.7. The molecule has 1 N–H and O–H groups in total. The molecular formula is C24H30N4O2. The van der Waals surface area contributed by atoms with Crippen molar-refractivity contribution >= 4 is 16.8 Å². The second-order valence-electron chi connectivity index (χ2n) is 7.97. The molecule has 3 aromatic rings. The van der Waals surface area contributed by atoms with Gasteiger partial charge in [-0.3, -0.25) is 14.7 Å². The summed E-state index contributed by atoms with van der Waals surface area (Å²) in [4.78, 5) is 19.0. The van der Waals surface area contributed by atoms with Crippen molar-refractivity contribution in [3.8, 4) is 0 Å². The van der Waals surface area contributed by atoms with Crippen LogP contribution in [-0.4, -0.2) is 53.7 Å². The summed E-state index contributed by atoms with van der Waals surface area (Å²) in [6, 6.07) is 12.7. The molecule has 1 aliphatic rings. The maximum Gasteiger partial charge on any atom is 0.240 e. The summed E-state index contributed by atoms with van der Waals surface area (Å²) in [5, 5.41) is 4.14. The number of fused-ring (bicyclic) bond motifs is 1. The summed E-state index contributed by atoms with van der Waals surface area (Å²) in [5.41, 5.74) is 3.81. The molecule has 0 unspecified atom stereocenters. The van der Waals surface area contributed by atoms with E-state index in [4.69, 9.17) is 4.74 Å². The van der Waals surface area contributed by atoms with Crippen LogP contribution >= 0.6 is 0 Å². The number of rotatable bonds is 8. The van der Waals surface area contributed by atoms with Crippen LogP contribution in [0.25, 0.3) is 10.9 Å². The normalized spacial score (nSPS) is 15.5. The highest BCUT2D eigenvalue weighted by Gasteiger charge is 2.22. The number of hydrogen-bond donors (Lipinski definition) is 1. The monoisotopic (exact) mass is 406 g/mol. The molecule has 3 heterocycles. The van der Waals surface area contributed by atoms with Gasteiger partial charge in [-0.05, 0) is 61.2 Å². The van der Waals surface area contributed by atoms with E-state index in [1.165, 1.54) is 29.4 Å². The van der Waals surface area contributed by atoms with E-state index in [9.17, 15) is 4.79 Å². The molecule has 2 aromatic heterocycles. The van der Waals surface area contributed by atoms with Crippen molar-refractivity contribution in [3.05, 3.63) is 66.1 Å². The number of hydrogen-bond acceptors (Lipinski definition) is 4. The molecule has 0 spiro atoms. The highest BCUT2D eigenvalue weighted by molar-refractivity contribution is 5.86. The number of carbonyl (C=O) groups excluding carboxylic acids is 1. The fourth-order valence-electron chi connectivity index (χ4n) is 4.38. The van der Waals surface area contributed by atoms with E-state index in [1.54, 1.807) is 7.11 Å². The number of ether oxygens (including phenoxy) is 1. The average Bonchev–Trinajstić information content (AvgIpc) is 3.12. The van der Waals surface area contributed by atoms with E-state index in [1.807, 2.05) is 18.5 Å². The number of carbonyl (C=O) groups is 1. The molecule has 1 amide bonds. The highest BCUT2D eigenvalue weighted by atomic mass is 16.5. The second-order valence-corrected chi connectivity index (χ2v) is 7.97. The molecule has 158 valence electrons. The van der Waals surface area contributed by atoms with Crippen molar-refractivity contribution in [3.63, 3.8) is 0 Å².